The molecule has 8 heteroatoms. The van der Waals surface area contributed by atoms with E-state index in [1.165, 1.54) is 6.07 Å². The second kappa shape index (κ2) is 10.4. The number of fused-ring (bicyclic) bond motifs is 2. The van der Waals surface area contributed by atoms with Crippen LogP contribution in [0.15, 0.2) is 66.7 Å². The summed E-state index contributed by atoms with van der Waals surface area (Å²) in [6, 6.07) is 20.4. The summed E-state index contributed by atoms with van der Waals surface area (Å²) in [5.41, 5.74) is 3.80. The van der Waals surface area contributed by atoms with E-state index in [0.717, 1.165) is 65.5 Å². The molecule has 1 atom stereocenters. The number of aromatic nitrogens is 2. The van der Waals surface area contributed by atoms with E-state index in [9.17, 15) is 9.18 Å². The normalized spacial score (nSPS) is 16.4. The Hall–Kier alpha value is -4.07. The number of carbonyl (C=O) groups is 1. The van der Waals surface area contributed by atoms with Crippen LogP contribution in [0.1, 0.15) is 36.9 Å². The third kappa shape index (κ3) is 4.90. The molecule has 0 saturated carbocycles. The lowest BCUT2D eigenvalue weighted by molar-refractivity contribution is -0.126. The summed E-state index contributed by atoms with van der Waals surface area (Å²) in [5, 5.41) is 3.19. The first-order chi connectivity index (χ1) is 18.5. The number of hydrogen-bond donors (Lipinski definition) is 1. The molecule has 7 nitrogen and oxygen atoms in total. The van der Waals surface area contributed by atoms with E-state index in [1.807, 2.05) is 55.5 Å². The zero-order chi connectivity index (χ0) is 26.1. The SMILES string of the molecule is CC(NC(=O)C1CCN(c2nc3ccccc3n2Cc2cccc(F)c2)CC1)c1ccc2c(c1)OCCO2. The van der Waals surface area contributed by atoms with Crippen molar-refractivity contribution in [3.05, 3.63) is 83.7 Å². The smallest absolute Gasteiger partial charge is 0.223 e. The Kier molecular flexibility index (Phi) is 6.62. The second-order valence-electron chi connectivity index (χ2n) is 10.0. The Labute approximate surface area is 221 Å². The number of hydrogen-bond acceptors (Lipinski definition) is 5. The monoisotopic (exact) mass is 514 g/mol. The van der Waals surface area contributed by atoms with Crippen molar-refractivity contribution >= 4 is 22.9 Å². The van der Waals surface area contributed by atoms with Gasteiger partial charge in [0.15, 0.2) is 11.5 Å². The van der Waals surface area contributed by atoms with Crippen molar-refractivity contribution in [1.82, 2.24) is 14.9 Å². The fourth-order valence-electron chi connectivity index (χ4n) is 5.36. The lowest BCUT2D eigenvalue weighted by Gasteiger charge is -2.33. The van der Waals surface area contributed by atoms with Gasteiger partial charge in [-0.15, -0.1) is 0 Å². The summed E-state index contributed by atoms with van der Waals surface area (Å²) in [7, 11) is 0. The molecule has 2 aliphatic heterocycles. The van der Waals surface area contributed by atoms with Crippen molar-refractivity contribution in [2.24, 2.45) is 5.92 Å². The van der Waals surface area contributed by atoms with Gasteiger partial charge in [-0.3, -0.25) is 4.79 Å². The molecule has 1 fully saturated rings. The average molecular weight is 515 g/mol. The standard InChI is InChI=1S/C30H31FN4O3/c1-20(23-9-10-27-28(18-23)38-16-15-37-27)32-29(36)22-11-13-34(14-12-22)30-33-25-7-2-3-8-26(25)35(30)19-21-5-4-6-24(31)17-21/h2-10,17-18,20,22H,11-16,19H2,1H3,(H,32,36). The number of imidazole rings is 1. The molecule has 196 valence electrons. The highest BCUT2D eigenvalue weighted by molar-refractivity contribution is 5.80. The number of amides is 1. The van der Waals surface area contributed by atoms with Gasteiger partial charge in [-0.25, -0.2) is 9.37 Å². The molecular formula is C30H31FN4O3. The number of ether oxygens (including phenoxy) is 2. The molecule has 0 bridgehead atoms. The van der Waals surface area contributed by atoms with E-state index in [-0.39, 0.29) is 23.7 Å². The molecule has 1 amide bonds. The highest BCUT2D eigenvalue weighted by Crippen LogP contribution is 2.33. The first-order valence-corrected chi connectivity index (χ1v) is 13.2. The van der Waals surface area contributed by atoms with E-state index in [1.54, 1.807) is 12.1 Å². The van der Waals surface area contributed by atoms with Crippen LogP contribution in [-0.2, 0) is 11.3 Å². The van der Waals surface area contributed by atoms with Crippen LogP contribution in [0.2, 0.25) is 0 Å². The van der Waals surface area contributed by atoms with Crippen LogP contribution in [0.25, 0.3) is 11.0 Å². The predicted octanol–water partition coefficient (Wildman–Crippen LogP) is 5.09. The summed E-state index contributed by atoms with van der Waals surface area (Å²) in [6.45, 7) is 5.06. The Morgan fingerprint density at radius 1 is 1.03 bits per heavy atom. The number of nitrogens with zero attached hydrogens (tertiary/aromatic N) is 3. The highest BCUT2D eigenvalue weighted by Gasteiger charge is 2.29. The molecule has 4 aromatic rings. The highest BCUT2D eigenvalue weighted by atomic mass is 19.1. The number of nitrogens with one attached hydrogen (secondary N) is 1. The van der Waals surface area contributed by atoms with Gasteiger partial charge >= 0.3 is 0 Å². The summed E-state index contributed by atoms with van der Waals surface area (Å²) < 4.78 is 27.3. The number of carbonyl (C=O) groups excluding carboxylic acids is 1. The van der Waals surface area contributed by atoms with Gasteiger partial charge in [-0.05, 0) is 67.3 Å². The molecule has 0 spiro atoms. The van der Waals surface area contributed by atoms with Crippen LogP contribution in [0.5, 0.6) is 11.5 Å². The van der Waals surface area contributed by atoms with E-state index in [4.69, 9.17) is 14.5 Å². The van der Waals surface area contributed by atoms with Crippen LogP contribution in [0, 0.1) is 11.7 Å². The van der Waals surface area contributed by atoms with E-state index >= 15 is 0 Å². The summed E-state index contributed by atoms with van der Waals surface area (Å²) in [5.74, 6) is 2.09. The maximum absolute atomic E-state index is 13.9. The van der Waals surface area contributed by atoms with Gasteiger partial charge in [-0.1, -0.05) is 30.3 Å². The van der Waals surface area contributed by atoms with Crippen LogP contribution in [-0.4, -0.2) is 41.8 Å². The molecule has 1 aromatic heterocycles. The lowest BCUT2D eigenvalue weighted by Crippen LogP contribution is -2.42. The second-order valence-corrected chi connectivity index (χ2v) is 10.0. The maximum atomic E-state index is 13.9. The number of rotatable bonds is 6. The third-order valence-corrected chi connectivity index (χ3v) is 7.44. The van der Waals surface area contributed by atoms with Crippen molar-refractivity contribution < 1.29 is 18.7 Å². The zero-order valence-corrected chi connectivity index (χ0v) is 21.4. The molecule has 0 aliphatic carbocycles. The number of piperidine rings is 1. The maximum Gasteiger partial charge on any atom is 0.223 e. The Bertz CT molecular complexity index is 1460. The van der Waals surface area contributed by atoms with Gasteiger partial charge in [0.25, 0.3) is 0 Å². The molecular weight excluding hydrogens is 483 g/mol. The summed E-state index contributed by atoms with van der Waals surface area (Å²) in [4.78, 5) is 20.3. The largest absolute Gasteiger partial charge is 0.486 e. The number of anilines is 1. The number of para-hydroxylation sites is 2. The molecule has 2 aliphatic rings. The van der Waals surface area contributed by atoms with Crippen LogP contribution in [0.4, 0.5) is 10.3 Å². The molecule has 6 rings (SSSR count). The predicted molar refractivity (Wildman–Crippen MR) is 144 cm³/mol. The van der Waals surface area contributed by atoms with Crippen molar-refractivity contribution in [2.45, 2.75) is 32.4 Å². The average Bonchev–Trinajstić information content (AvgIpc) is 3.31. The lowest BCUT2D eigenvalue weighted by atomic mass is 9.95. The van der Waals surface area contributed by atoms with Crippen molar-refractivity contribution in [3.8, 4) is 11.5 Å². The van der Waals surface area contributed by atoms with Gasteiger partial charge < -0.3 is 24.3 Å². The minimum atomic E-state index is -0.245. The first kappa shape index (κ1) is 24.3. The summed E-state index contributed by atoms with van der Waals surface area (Å²) >= 11 is 0. The van der Waals surface area contributed by atoms with Crippen LogP contribution in [0.3, 0.4) is 0 Å². The Morgan fingerprint density at radius 3 is 2.63 bits per heavy atom. The Morgan fingerprint density at radius 2 is 1.82 bits per heavy atom. The van der Waals surface area contributed by atoms with E-state index < -0.39 is 0 Å². The molecule has 3 heterocycles. The zero-order valence-electron chi connectivity index (χ0n) is 21.4. The van der Waals surface area contributed by atoms with Crippen LogP contribution < -0.4 is 19.7 Å². The molecule has 1 unspecified atom stereocenters. The number of benzene rings is 3. The van der Waals surface area contributed by atoms with Crippen molar-refractivity contribution in [3.63, 3.8) is 0 Å². The summed E-state index contributed by atoms with van der Waals surface area (Å²) in [6.07, 6.45) is 1.48. The minimum absolute atomic E-state index is 0.0630. The van der Waals surface area contributed by atoms with Gasteiger partial charge in [0.1, 0.15) is 19.0 Å². The van der Waals surface area contributed by atoms with E-state index in [0.29, 0.717) is 19.8 Å². The van der Waals surface area contributed by atoms with Gasteiger partial charge in [-0.2, -0.15) is 0 Å². The molecule has 3 aromatic carbocycles. The molecule has 38 heavy (non-hydrogen) atoms. The molecule has 1 N–H and O–H groups in total. The van der Waals surface area contributed by atoms with E-state index in [2.05, 4.69) is 14.8 Å². The quantitative estimate of drug-likeness (QED) is 0.388. The van der Waals surface area contributed by atoms with Gasteiger partial charge in [0.05, 0.1) is 23.6 Å². The first-order valence-electron chi connectivity index (χ1n) is 13.2. The Balaban J connectivity index is 1.13. The topological polar surface area (TPSA) is 68.6 Å². The fourth-order valence-corrected chi connectivity index (χ4v) is 5.36. The molecule has 0 radical (unpaired) electrons. The van der Waals surface area contributed by atoms with Crippen LogP contribution >= 0.6 is 0 Å². The van der Waals surface area contributed by atoms with Gasteiger partial charge in [0, 0.05) is 19.0 Å². The fraction of sp³-hybridized carbons (Fsp3) is 0.333. The van der Waals surface area contributed by atoms with Gasteiger partial charge in [0.2, 0.25) is 11.9 Å². The van der Waals surface area contributed by atoms with Crippen molar-refractivity contribution in [1.29, 1.82) is 0 Å². The number of halogens is 1. The molecule has 1 saturated heterocycles. The van der Waals surface area contributed by atoms with Crippen molar-refractivity contribution in [2.75, 3.05) is 31.2 Å². The third-order valence-electron chi connectivity index (χ3n) is 7.44. The minimum Gasteiger partial charge on any atom is -0.486 e.